The Kier molecular flexibility index (Phi) is 5.90. The smallest absolute Gasteiger partial charge is 0.306 e. The van der Waals surface area contributed by atoms with Gasteiger partial charge in [-0.15, -0.1) is 6.58 Å². The molecule has 1 aromatic rings. The van der Waals surface area contributed by atoms with Crippen LogP contribution in [0.3, 0.4) is 0 Å². The van der Waals surface area contributed by atoms with Gasteiger partial charge in [-0.25, -0.2) is 4.39 Å². The summed E-state index contributed by atoms with van der Waals surface area (Å²) in [6, 6.07) is 6.36. The van der Waals surface area contributed by atoms with Crippen LogP contribution in [0.1, 0.15) is 31.2 Å². The topological polar surface area (TPSA) is 57.6 Å². The van der Waals surface area contributed by atoms with Crippen molar-refractivity contribution in [3.63, 3.8) is 0 Å². The summed E-state index contributed by atoms with van der Waals surface area (Å²) in [6.45, 7) is 4.15. The van der Waals surface area contributed by atoms with Gasteiger partial charge in [-0.3, -0.25) is 9.59 Å². The first-order chi connectivity index (χ1) is 11.0. The second kappa shape index (κ2) is 7.90. The van der Waals surface area contributed by atoms with E-state index in [-0.39, 0.29) is 24.2 Å². The van der Waals surface area contributed by atoms with Crippen LogP contribution in [0.15, 0.2) is 36.9 Å². The number of carboxylic acid groups (broad SMARTS) is 1. The molecule has 23 heavy (non-hydrogen) atoms. The Morgan fingerprint density at radius 1 is 1.30 bits per heavy atom. The maximum Gasteiger partial charge on any atom is 0.306 e. The molecule has 2 rings (SSSR count). The number of hydrogen-bond acceptors (Lipinski definition) is 2. The van der Waals surface area contributed by atoms with Crippen molar-refractivity contribution in [3.8, 4) is 0 Å². The monoisotopic (exact) mass is 319 g/mol. The molecule has 1 aliphatic rings. The third kappa shape index (κ3) is 4.41. The van der Waals surface area contributed by atoms with Crippen molar-refractivity contribution in [2.75, 3.05) is 6.54 Å². The molecule has 0 radical (unpaired) electrons. The zero-order chi connectivity index (χ0) is 16.8. The van der Waals surface area contributed by atoms with Crippen LogP contribution in [0.25, 0.3) is 0 Å². The molecular weight excluding hydrogens is 297 g/mol. The highest BCUT2D eigenvalue weighted by Crippen LogP contribution is 2.31. The zero-order valence-corrected chi connectivity index (χ0v) is 13.1. The van der Waals surface area contributed by atoms with Crippen molar-refractivity contribution in [2.45, 2.75) is 32.2 Å². The Hall–Kier alpha value is -2.17. The maximum absolute atomic E-state index is 13.8. The SMILES string of the molecule is C=CCN(Cc1ccccc1F)C(=O)C1CCCC(C(=O)O)C1. The van der Waals surface area contributed by atoms with Gasteiger partial charge >= 0.3 is 5.97 Å². The lowest BCUT2D eigenvalue weighted by Crippen LogP contribution is -2.39. The van der Waals surface area contributed by atoms with Crippen molar-refractivity contribution >= 4 is 11.9 Å². The van der Waals surface area contributed by atoms with Crippen molar-refractivity contribution in [3.05, 3.63) is 48.3 Å². The van der Waals surface area contributed by atoms with Crippen LogP contribution < -0.4 is 0 Å². The number of aliphatic carboxylic acids is 1. The minimum absolute atomic E-state index is 0.112. The van der Waals surface area contributed by atoms with E-state index in [0.29, 0.717) is 31.4 Å². The van der Waals surface area contributed by atoms with Crippen LogP contribution in [0.4, 0.5) is 4.39 Å². The van der Waals surface area contributed by atoms with Gasteiger partial charge in [-0.1, -0.05) is 30.7 Å². The standard InChI is InChI=1S/C18H22FNO3/c1-2-10-20(12-15-6-3-4-9-16(15)19)17(21)13-7-5-8-14(11-13)18(22)23/h2-4,6,9,13-14H,1,5,7-8,10-12H2,(H,22,23). The van der Waals surface area contributed by atoms with E-state index >= 15 is 0 Å². The number of nitrogens with zero attached hydrogens (tertiary/aromatic N) is 1. The van der Waals surface area contributed by atoms with Gasteiger partial charge in [-0.2, -0.15) is 0 Å². The molecule has 0 bridgehead atoms. The van der Waals surface area contributed by atoms with Crippen LogP contribution in [-0.4, -0.2) is 28.4 Å². The van der Waals surface area contributed by atoms with Crippen molar-refractivity contribution in [2.24, 2.45) is 11.8 Å². The van der Waals surface area contributed by atoms with E-state index in [1.165, 1.54) is 6.07 Å². The summed E-state index contributed by atoms with van der Waals surface area (Å²) in [7, 11) is 0. The number of rotatable bonds is 6. The predicted octanol–water partition coefficient (Wildman–Crippen LogP) is 3.23. The van der Waals surface area contributed by atoms with Gasteiger partial charge in [0, 0.05) is 24.6 Å². The van der Waals surface area contributed by atoms with Crippen LogP contribution in [0.2, 0.25) is 0 Å². The summed E-state index contributed by atoms with van der Waals surface area (Å²) in [4.78, 5) is 25.5. The normalized spacial score (nSPS) is 20.7. The number of carbonyl (C=O) groups excluding carboxylic acids is 1. The fourth-order valence-corrected chi connectivity index (χ4v) is 3.12. The van der Waals surface area contributed by atoms with Crippen molar-refractivity contribution < 1.29 is 19.1 Å². The minimum atomic E-state index is -0.841. The molecule has 1 N–H and O–H groups in total. The molecule has 0 saturated heterocycles. The van der Waals surface area contributed by atoms with E-state index in [4.69, 9.17) is 5.11 Å². The first-order valence-electron chi connectivity index (χ1n) is 7.88. The average molecular weight is 319 g/mol. The van der Waals surface area contributed by atoms with E-state index < -0.39 is 11.9 Å². The lowest BCUT2D eigenvalue weighted by atomic mass is 9.80. The number of carboxylic acids is 1. The van der Waals surface area contributed by atoms with Gasteiger partial charge < -0.3 is 10.0 Å². The summed E-state index contributed by atoms with van der Waals surface area (Å²) in [6.07, 6.45) is 4.01. The number of halogens is 1. The zero-order valence-electron chi connectivity index (χ0n) is 13.1. The van der Waals surface area contributed by atoms with Gasteiger partial charge in [0.25, 0.3) is 0 Å². The van der Waals surface area contributed by atoms with Crippen molar-refractivity contribution in [1.29, 1.82) is 0 Å². The third-order valence-electron chi connectivity index (χ3n) is 4.35. The highest BCUT2D eigenvalue weighted by atomic mass is 19.1. The van der Waals surface area contributed by atoms with Crippen molar-refractivity contribution in [1.82, 2.24) is 4.90 Å². The first-order valence-corrected chi connectivity index (χ1v) is 7.88. The average Bonchev–Trinajstić information content (AvgIpc) is 2.55. The second-order valence-corrected chi connectivity index (χ2v) is 6.00. The molecule has 1 aromatic carbocycles. The molecule has 2 atom stereocenters. The number of benzene rings is 1. The Morgan fingerprint density at radius 3 is 2.65 bits per heavy atom. The molecule has 0 spiro atoms. The molecule has 4 nitrogen and oxygen atoms in total. The van der Waals surface area contributed by atoms with Gasteiger partial charge in [0.05, 0.1) is 5.92 Å². The number of amides is 1. The molecule has 0 aliphatic heterocycles. The lowest BCUT2D eigenvalue weighted by Gasteiger charge is -2.31. The summed E-state index contributed by atoms with van der Waals surface area (Å²) < 4.78 is 13.8. The van der Waals surface area contributed by atoms with E-state index in [0.717, 1.165) is 6.42 Å². The van der Waals surface area contributed by atoms with E-state index in [2.05, 4.69) is 6.58 Å². The van der Waals surface area contributed by atoms with E-state index in [1.807, 2.05) is 0 Å². The Bertz CT molecular complexity index is 587. The molecule has 0 heterocycles. The van der Waals surface area contributed by atoms with Gasteiger partial charge in [0.1, 0.15) is 5.82 Å². The highest BCUT2D eigenvalue weighted by Gasteiger charge is 2.33. The predicted molar refractivity (Wildman–Crippen MR) is 85.1 cm³/mol. The molecule has 1 fully saturated rings. The van der Waals surface area contributed by atoms with Crippen LogP contribution in [0.5, 0.6) is 0 Å². The highest BCUT2D eigenvalue weighted by molar-refractivity contribution is 5.80. The largest absolute Gasteiger partial charge is 0.481 e. The van der Waals surface area contributed by atoms with Gasteiger partial charge in [-0.05, 0) is 25.3 Å². The fourth-order valence-electron chi connectivity index (χ4n) is 3.12. The Balaban J connectivity index is 2.10. The molecule has 1 amide bonds. The Labute approximate surface area is 135 Å². The fraction of sp³-hybridized carbons (Fsp3) is 0.444. The third-order valence-corrected chi connectivity index (χ3v) is 4.35. The van der Waals surface area contributed by atoms with Gasteiger partial charge in [0.15, 0.2) is 0 Å². The molecule has 5 heteroatoms. The van der Waals surface area contributed by atoms with Crippen LogP contribution in [0, 0.1) is 17.7 Å². The molecule has 2 unspecified atom stereocenters. The second-order valence-electron chi connectivity index (χ2n) is 6.00. The van der Waals surface area contributed by atoms with Crippen LogP contribution >= 0.6 is 0 Å². The molecule has 1 saturated carbocycles. The summed E-state index contributed by atoms with van der Waals surface area (Å²) >= 11 is 0. The summed E-state index contributed by atoms with van der Waals surface area (Å²) in [5.41, 5.74) is 0.452. The van der Waals surface area contributed by atoms with E-state index in [1.54, 1.807) is 29.2 Å². The maximum atomic E-state index is 13.8. The van der Waals surface area contributed by atoms with E-state index in [9.17, 15) is 14.0 Å². The minimum Gasteiger partial charge on any atom is -0.481 e. The quantitative estimate of drug-likeness (QED) is 0.819. The molecule has 1 aliphatic carbocycles. The number of hydrogen-bond donors (Lipinski definition) is 1. The number of carbonyl (C=O) groups is 2. The molecule has 0 aromatic heterocycles. The summed E-state index contributed by atoms with van der Waals surface area (Å²) in [5, 5.41) is 9.16. The molecular formula is C18H22FNO3. The van der Waals surface area contributed by atoms with Gasteiger partial charge in [0.2, 0.25) is 5.91 Å². The summed E-state index contributed by atoms with van der Waals surface area (Å²) in [5.74, 6) is -2.07. The lowest BCUT2D eigenvalue weighted by molar-refractivity contribution is -0.145. The van der Waals surface area contributed by atoms with Crippen LogP contribution in [-0.2, 0) is 16.1 Å². The first kappa shape index (κ1) is 17.2. The molecule has 124 valence electrons. The Morgan fingerprint density at radius 2 is 2.00 bits per heavy atom.